The molecule has 0 aromatic carbocycles. The molecule has 0 unspecified atom stereocenters. The van der Waals surface area contributed by atoms with Gasteiger partial charge in [-0.1, -0.05) is 0 Å². The third-order valence-corrected chi connectivity index (χ3v) is 5.11. The number of amides is 1. The Balaban J connectivity index is 1.55. The molecule has 0 N–H and O–H groups in total. The van der Waals surface area contributed by atoms with Crippen LogP contribution in [-0.2, 0) is 0 Å². The summed E-state index contributed by atoms with van der Waals surface area (Å²) in [5, 5.41) is 0. The Kier molecular flexibility index (Phi) is 5.46. The van der Waals surface area contributed by atoms with Gasteiger partial charge in [0.05, 0.1) is 11.3 Å². The van der Waals surface area contributed by atoms with Crippen molar-refractivity contribution in [3.63, 3.8) is 0 Å². The summed E-state index contributed by atoms with van der Waals surface area (Å²) >= 11 is 0. The maximum atomic E-state index is 12.9. The molecule has 0 aliphatic carbocycles. The van der Waals surface area contributed by atoms with Gasteiger partial charge in [-0.05, 0) is 51.0 Å². The van der Waals surface area contributed by atoms with Crippen LogP contribution in [0.5, 0.6) is 11.6 Å². The number of hydrogen-bond acceptors (Lipinski definition) is 6. The lowest BCUT2D eigenvalue weighted by atomic mass is 9.94. The average Bonchev–Trinajstić information content (AvgIpc) is 2.76. The van der Waals surface area contributed by atoms with E-state index in [9.17, 15) is 4.79 Å². The molecule has 3 aromatic rings. The molecule has 7 nitrogen and oxygen atoms in total. The van der Waals surface area contributed by atoms with Crippen molar-refractivity contribution in [2.24, 2.45) is 0 Å². The highest BCUT2D eigenvalue weighted by Crippen LogP contribution is 2.33. The summed E-state index contributed by atoms with van der Waals surface area (Å²) in [5.41, 5.74) is 3.06. The first kappa shape index (κ1) is 19.0. The molecule has 4 heterocycles. The van der Waals surface area contributed by atoms with Gasteiger partial charge < -0.3 is 9.64 Å². The van der Waals surface area contributed by atoms with Crippen molar-refractivity contribution in [1.82, 2.24) is 24.8 Å². The fourth-order valence-corrected chi connectivity index (χ4v) is 3.54. The van der Waals surface area contributed by atoms with Gasteiger partial charge in [0.1, 0.15) is 5.69 Å². The SMILES string of the molecule is Cc1ccc(C(=O)N2CCC[C@H](c3nccnc3Oc3cccnc3C)C2)cn1. The quantitative estimate of drug-likeness (QED) is 0.677. The maximum absolute atomic E-state index is 12.9. The van der Waals surface area contributed by atoms with Gasteiger partial charge in [0.25, 0.3) is 5.91 Å². The number of carbonyl (C=O) groups is 1. The molecule has 1 aliphatic heterocycles. The number of aryl methyl sites for hydroxylation is 2. The fourth-order valence-electron chi connectivity index (χ4n) is 3.54. The number of aromatic nitrogens is 4. The van der Waals surface area contributed by atoms with Crippen LogP contribution in [0.3, 0.4) is 0 Å². The summed E-state index contributed by atoms with van der Waals surface area (Å²) in [6, 6.07) is 7.38. The molecule has 0 saturated carbocycles. The first-order valence-corrected chi connectivity index (χ1v) is 9.74. The highest BCUT2D eigenvalue weighted by atomic mass is 16.5. The number of nitrogens with zero attached hydrogens (tertiary/aromatic N) is 5. The van der Waals surface area contributed by atoms with Crippen molar-refractivity contribution in [1.29, 1.82) is 0 Å². The molecular formula is C22H23N5O2. The molecular weight excluding hydrogens is 366 g/mol. The summed E-state index contributed by atoms with van der Waals surface area (Å²) < 4.78 is 6.04. The first-order valence-electron chi connectivity index (χ1n) is 9.74. The van der Waals surface area contributed by atoms with Crippen LogP contribution < -0.4 is 4.74 Å². The molecule has 148 valence electrons. The van der Waals surface area contributed by atoms with Crippen LogP contribution >= 0.6 is 0 Å². The lowest BCUT2D eigenvalue weighted by Gasteiger charge is -2.32. The molecule has 1 fully saturated rings. The molecule has 0 spiro atoms. The third kappa shape index (κ3) is 4.23. The minimum atomic E-state index is -0.00309. The topological polar surface area (TPSA) is 81.1 Å². The second kappa shape index (κ2) is 8.34. The number of ether oxygens (including phenoxy) is 1. The normalized spacial score (nSPS) is 16.5. The zero-order valence-corrected chi connectivity index (χ0v) is 16.6. The van der Waals surface area contributed by atoms with Gasteiger partial charge >= 0.3 is 0 Å². The Bertz CT molecular complexity index is 1010. The Morgan fingerprint density at radius 1 is 1.07 bits per heavy atom. The summed E-state index contributed by atoms with van der Waals surface area (Å²) in [6.45, 7) is 5.10. The van der Waals surface area contributed by atoms with Crippen LogP contribution in [0.25, 0.3) is 0 Å². The van der Waals surface area contributed by atoms with Crippen molar-refractivity contribution >= 4 is 5.91 Å². The zero-order valence-electron chi connectivity index (χ0n) is 16.6. The summed E-state index contributed by atoms with van der Waals surface area (Å²) in [5.74, 6) is 1.19. The standard InChI is InChI=1S/C22H23N5O2/c1-15-7-8-17(13-26-15)22(28)27-12-4-5-18(14-27)20-21(25-11-10-24-20)29-19-6-3-9-23-16(19)2/h3,6-11,13,18H,4-5,12,14H2,1-2H3/t18-/m0/s1. The molecule has 0 radical (unpaired) electrons. The monoisotopic (exact) mass is 389 g/mol. The van der Waals surface area contributed by atoms with E-state index in [1.807, 2.05) is 43.0 Å². The molecule has 1 aliphatic rings. The second-order valence-corrected chi connectivity index (χ2v) is 7.21. The van der Waals surface area contributed by atoms with E-state index in [1.165, 1.54) is 0 Å². The number of hydrogen-bond donors (Lipinski definition) is 0. The van der Waals surface area contributed by atoms with E-state index in [0.29, 0.717) is 23.7 Å². The Hall–Kier alpha value is -3.35. The van der Waals surface area contributed by atoms with Crippen LogP contribution in [-0.4, -0.2) is 43.8 Å². The highest BCUT2D eigenvalue weighted by molar-refractivity contribution is 5.94. The van der Waals surface area contributed by atoms with Crippen LogP contribution in [0.4, 0.5) is 0 Å². The van der Waals surface area contributed by atoms with Crippen molar-refractivity contribution < 1.29 is 9.53 Å². The predicted molar refractivity (Wildman–Crippen MR) is 108 cm³/mol. The van der Waals surface area contributed by atoms with E-state index in [0.717, 1.165) is 36.5 Å². The van der Waals surface area contributed by atoms with Crippen LogP contribution in [0, 0.1) is 13.8 Å². The maximum Gasteiger partial charge on any atom is 0.255 e. The first-order chi connectivity index (χ1) is 14.1. The van der Waals surface area contributed by atoms with Gasteiger partial charge in [-0.15, -0.1) is 0 Å². The molecule has 0 bridgehead atoms. The Morgan fingerprint density at radius 3 is 2.72 bits per heavy atom. The van der Waals surface area contributed by atoms with Crippen LogP contribution in [0.2, 0.25) is 0 Å². The van der Waals surface area contributed by atoms with Crippen molar-refractivity contribution in [3.05, 3.63) is 71.7 Å². The molecule has 1 atom stereocenters. The van der Waals surface area contributed by atoms with Crippen molar-refractivity contribution in [2.45, 2.75) is 32.6 Å². The van der Waals surface area contributed by atoms with E-state index in [2.05, 4.69) is 19.9 Å². The molecule has 29 heavy (non-hydrogen) atoms. The number of rotatable bonds is 4. The minimum Gasteiger partial charge on any atom is -0.435 e. The molecule has 3 aromatic heterocycles. The highest BCUT2D eigenvalue weighted by Gasteiger charge is 2.29. The third-order valence-electron chi connectivity index (χ3n) is 5.11. The van der Waals surface area contributed by atoms with Crippen LogP contribution in [0.1, 0.15) is 46.2 Å². The van der Waals surface area contributed by atoms with Crippen molar-refractivity contribution in [3.8, 4) is 11.6 Å². The molecule has 4 rings (SSSR count). The van der Waals surface area contributed by atoms with Gasteiger partial charge in [0, 0.05) is 49.5 Å². The smallest absolute Gasteiger partial charge is 0.255 e. The number of piperidine rings is 1. The molecule has 1 amide bonds. The molecule has 7 heteroatoms. The van der Waals surface area contributed by atoms with E-state index >= 15 is 0 Å². The van der Waals surface area contributed by atoms with E-state index in [4.69, 9.17) is 4.74 Å². The van der Waals surface area contributed by atoms with Crippen LogP contribution in [0.15, 0.2) is 49.1 Å². The van der Waals surface area contributed by atoms with Gasteiger partial charge in [-0.25, -0.2) is 4.98 Å². The largest absolute Gasteiger partial charge is 0.435 e. The summed E-state index contributed by atoms with van der Waals surface area (Å²) in [7, 11) is 0. The molecule has 1 saturated heterocycles. The van der Waals surface area contributed by atoms with Crippen molar-refractivity contribution in [2.75, 3.05) is 13.1 Å². The average molecular weight is 389 g/mol. The number of likely N-dealkylation sites (tertiary alicyclic amines) is 1. The Labute approximate surface area is 169 Å². The van der Waals surface area contributed by atoms with E-state index < -0.39 is 0 Å². The number of carbonyl (C=O) groups excluding carboxylic acids is 1. The number of pyridine rings is 2. The fraction of sp³-hybridized carbons (Fsp3) is 0.318. The summed E-state index contributed by atoms with van der Waals surface area (Å²) in [6.07, 6.45) is 8.49. The van der Waals surface area contributed by atoms with Gasteiger partial charge in [0.15, 0.2) is 5.75 Å². The zero-order chi connectivity index (χ0) is 20.2. The van der Waals surface area contributed by atoms with E-state index in [1.54, 1.807) is 24.8 Å². The Morgan fingerprint density at radius 2 is 1.93 bits per heavy atom. The van der Waals surface area contributed by atoms with Gasteiger partial charge in [-0.3, -0.25) is 19.7 Å². The van der Waals surface area contributed by atoms with E-state index in [-0.39, 0.29) is 11.8 Å². The second-order valence-electron chi connectivity index (χ2n) is 7.21. The lowest BCUT2D eigenvalue weighted by Crippen LogP contribution is -2.39. The summed E-state index contributed by atoms with van der Waals surface area (Å²) in [4.78, 5) is 32.2. The van der Waals surface area contributed by atoms with Gasteiger partial charge in [-0.2, -0.15) is 0 Å². The lowest BCUT2D eigenvalue weighted by molar-refractivity contribution is 0.0704. The van der Waals surface area contributed by atoms with Gasteiger partial charge in [0.2, 0.25) is 5.88 Å². The minimum absolute atomic E-state index is 0.00309. The predicted octanol–water partition coefficient (Wildman–Crippen LogP) is 3.70.